The van der Waals surface area contributed by atoms with Gasteiger partial charge in [0.05, 0.1) is 31.0 Å². The van der Waals surface area contributed by atoms with Crippen molar-refractivity contribution in [1.82, 2.24) is 15.0 Å². The molecule has 0 spiro atoms. The number of hydrazine groups is 1. The van der Waals surface area contributed by atoms with Gasteiger partial charge in [-0.25, -0.2) is 19.8 Å². The van der Waals surface area contributed by atoms with Crippen LogP contribution in [0.3, 0.4) is 0 Å². The van der Waals surface area contributed by atoms with Gasteiger partial charge in [0.2, 0.25) is 5.62 Å². The molecule has 0 aliphatic carbocycles. The first-order valence-corrected chi connectivity index (χ1v) is 10.7. The van der Waals surface area contributed by atoms with Crippen molar-refractivity contribution in [2.24, 2.45) is 4.99 Å². The van der Waals surface area contributed by atoms with E-state index in [1.54, 1.807) is 6.07 Å². The molecule has 0 saturated heterocycles. The Morgan fingerprint density at radius 1 is 1.26 bits per heavy atom. The number of hydrogen-bond donors (Lipinski definition) is 2. The summed E-state index contributed by atoms with van der Waals surface area (Å²) in [5, 5.41) is 0. The number of nitrogens with one attached hydrogen (secondary N) is 2. The van der Waals surface area contributed by atoms with Crippen LogP contribution in [-0.4, -0.2) is 27.4 Å². The summed E-state index contributed by atoms with van der Waals surface area (Å²) in [6, 6.07) is 3.15. The Labute approximate surface area is 181 Å². The molecule has 0 saturated carbocycles. The predicted octanol–water partition coefficient (Wildman–Crippen LogP) is 3.31. The Balaban J connectivity index is 1.54. The van der Waals surface area contributed by atoms with Crippen LogP contribution >= 0.6 is 0 Å². The predicted molar refractivity (Wildman–Crippen MR) is 116 cm³/mol. The number of halogens is 1. The third-order valence-corrected chi connectivity index (χ3v) is 5.86. The van der Waals surface area contributed by atoms with Crippen molar-refractivity contribution < 1.29 is 13.9 Å². The molecule has 4 heterocycles. The van der Waals surface area contributed by atoms with Gasteiger partial charge in [0.15, 0.2) is 0 Å². The van der Waals surface area contributed by atoms with Gasteiger partial charge in [-0.05, 0) is 51.5 Å². The number of anilines is 1. The van der Waals surface area contributed by atoms with Gasteiger partial charge in [-0.3, -0.25) is 4.57 Å². The van der Waals surface area contributed by atoms with Crippen LogP contribution in [0.25, 0.3) is 5.57 Å². The van der Waals surface area contributed by atoms with Crippen molar-refractivity contribution >= 4 is 11.4 Å². The molecule has 0 atom stereocenters. The van der Waals surface area contributed by atoms with Crippen LogP contribution in [0, 0.1) is 5.82 Å². The maximum Gasteiger partial charge on any atom is 0.227 e. The lowest BCUT2D eigenvalue weighted by Gasteiger charge is -2.40. The molecule has 1 aromatic heterocycles. The lowest BCUT2D eigenvalue weighted by atomic mass is 9.86. The minimum Gasteiger partial charge on any atom is -0.493 e. The number of nitrogens with zero attached hydrogens (tertiary/aromatic N) is 3. The van der Waals surface area contributed by atoms with Crippen molar-refractivity contribution in [2.75, 3.05) is 12.0 Å². The molecule has 31 heavy (non-hydrogen) atoms. The maximum atomic E-state index is 14.5. The summed E-state index contributed by atoms with van der Waals surface area (Å²) in [5.41, 5.74) is 10.0. The second kappa shape index (κ2) is 7.17. The normalized spacial score (nSPS) is 21.2. The molecule has 0 bridgehead atoms. The number of rotatable bonds is 3. The summed E-state index contributed by atoms with van der Waals surface area (Å²) >= 11 is 0. The van der Waals surface area contributed by atoms with Crippen molar-refractivity contribution in [3.8, 4) is 5.75 Å². The third kappa shape index (κ3) is 3.74. The third-order valence-electron chi connectivity index (χ3n) is 5.86. The molecule has 8 heteroatoms. The van der Waals surface area contributed by atoms with E-state index in [2.05, 4.69) is 54.6 Å². The molecule has 2 N–H and O–H groups in total. The molecule has 3 aliphatic heterocycles. The van der Waals surface area contributed by atoms with Crippen LogP contribution in [0.1, 0.15) is 50.8 Å². The summed E-state index contributed by atoms with van der Waals surface area (Å²) in [4.78, 5) is 9.30. The highest BCUT2D eigenvalue weighted by atomic mass is 19.1. The van der Waals surface area contributed by atoms with Gasteiger partial charge in [-0.15, -0.1) is 0 Å². The molecule has 1 aromatic carbocycles. The lowest BCUT2D eigenvalue weighted by Crippen LogP contribution is -2.39. The monoisotopic (exact) mass is 425 g/mol. The van der Waals surface area contributed by atoms with E-state index in [-0.39, 0.29) is 23.6 Å². The Morgan fingerprint density at radius 3 is 2.90 bits per heavy atom. The first-order chi connectivity index (χ1) is 14.7. The number of benzene rings is 1. The summed E-state index contributed by atoms with van der Waals surface area (Å²) in [7, 11) is 0. The zero-order chi connectivity index (χ0) is 21.8. The Morgan fingerprint density at radius 2 is 2.10 bits per heavy atom. The number of aromatic nitrogens is 2. The van der Waals surface area contributed by atoms with Crippen LogP contribution in [0.15, 0.2) is 29.4 Å². The van der Waals surface area contributed by atoms with Crippen molar-refractivity contribution in [2.45, 2.75) is 65.0 Å². The van der Waals surface area contributed by atoms with Crippen LogP contribution in [-0.2, 0) is 24.4 Å². The quantitative estimate of drug-likeness (QED) is 0.790. The first-order valence-electron chi connectivity index (χ1n) is 10.7. The van der Waals surface area contributed by atoms with Crippen LogP contribution in [0.2, 0.25) is 0 Å². The average molecular weight is 426 g/mol. The van der Waals surface area contributed by atoms with Crippen LogP contribution < -0.4 is 21.2 Å². The Hall–Kier alpha value is -2.71. The second-order valence-corrected chi connectivity index (χ2v) is 9.44. The summed E-state index contributed by atoms with van der Waals surface area (Å²) in [5.74, 6) is 1.42. The molecule has 3 aliphatic rings. The van der Waals surface area contributed by atoms with E-state index < -0.39 is 0 Å². The van der Waals surface area contributed by atoms with Crippen molar-refractivity contribution in [3.05, 3.63) is 52.5 Å². The maximum absolute atomic E-state index is 14.5. The van der Waals surface area contributed by atoms with E-state index in [1.165, 1.54) is 11.6 Å². The minimum atomic E-state index is -0.364. The molecule has 164 valence electrons. The average Bonchev–Trinajstić information content (AvgIpc) is 3.34. The number of fused-ring (bicyclic) bond motifs is 2. The lowest BCUT2D eigenvalue weighted by molar-refractivity contribution is -0.100. The van der Waals surface area contributed by atoms with Gasteiger partial charge < -0.3 is 14.9 Å². The Kier molecular flexibility index (Phi) is 4.67. The van der Waals surface area contributed by atoms with Crippen LogP contribution in [0.4, 0.5) is 10.2 Å². The molecule has 2 aromatic rings. The van der Waals surface area contributed by atoms with E-state index in [4.69, 9.17) is 9.47 Å². The van der Waals surface area contributed by atoms with E-state index in [9.17, 15) is 4.39 Å². The molecule has 5 rings (SSSR count). The highest BCUT2D eigenvalue weighted by Crippen LogP contribution is 2.40. The van der Waals surface area contributed by atoms with Crippen LogP contribution in [0.5, 0.6) is 5.75 Å². The fraction of sp³-hybridized carbons (Fsp3) is 0.478. The van der Waals surface area contributed by atoms with Crippen molar-refractivity contribution in [3.63, 3.8) is 0 Å². The number of ether oxygens (including phenoxy) is 2. The van der Waals surface area contributed by atoms with Gasteiger partial charge in [0.25, 0.3) is 0 Å². The summed E-state index contributed by atoms with van der Waals surface area (Å²) in [6.45, 7) is 9.69. The molecule has 0 amide bonds. The van der Waals surface area contributed by atoms with E-state index >= 15 is 0 Å². The summed E-state index contributed by atoms with van der Waals surface area (Å²) in [6.07, 6.45) is 5.50. The first kappa shape index (κ1) is 20.2. The molecule has 7 nitrogen and oxygen atoms in total. The van der Waals surface area contributed by atoms with E-state index in [0.717, 1.165) is 29.1 Å². The highest BCUT2D eigenvalue weighted by Gasteiger charge is 2.35. The highest BCUT2D eigenvalue weighted by molar-refractivity contribution is 5.75. The molecule has 0 fully saturated rings. The number of hydrogen-bond acceptors (Lipinski definition) is 6. The zero-order valence-corrected chi connectivity index (χ0v) is 18.4. The fourth-order valence-electron chi connectivity index (χ4n) is 4.86. The van der Waals surface area contributed by atoms with E-state index in [0.29, 0.717) is 30.9 Å². The summed E-state index contributed by atoms with van der Waals surface area (Å²) < 4.78 is 28.2. The standard InChI is InChI=1S/C23H28FN5O2/c1-22(2)9-14(10-23(3,4)31-22)16-11-25-21(29-13-27-28-20(16)29)26-12-17-15-7-8-30-19(15)6-5-18(17)24/h5-6,9,11,27-28H,7-8,10,12-13H2,1-4H3. The van der Waals surface area contributed by atoms with E-state index in [1.807, 2.05) is 10.8 Å². The van der Waals surface area contributed by atoms with Gasteiger partial charge in [0, 0.05) is 35.7 Å². The molecule has 0 unspecified atom stereocenters. The van der Waals surface area contributed by atoms with Gasteiger partial charge >= 0.3 is 0 Å². The van der Waals surface area contributed by atoms with Gasteiger partial charge in [-0.1, -0.05) is 0 Å². The zero-order valence-electron chi connectivity index (χ0n) is 18.4. The fourth-order valence-corrected chi connectivity index (χ4v) is 4.86. The van der Waals surface area contributed by atoms with Gasteiger partial charge in [0.1, 0.15) is 17.4 Å². The molecular weight excluding hydrogens is 397 g/mol. The molecular formula is C23H28FN5O2. The minimum absolute atomic E-state index is 0.223. The smallest absolute Gasteiger partial charge is 0.227 e. The molecule has 0 radical (unpaired) electrons. The SMILES string of the molecule is CC1(C)C=C(c2cnc(=NCc3c(F)ccc4c3CCO4)n3c2NNC3)CC(C)(C)O1. The van der Waals surface area contributed by atoms with Crippen molar-refractivity contribution in [1.29, 1.82) is 0 Å². The topological polar surface area (TPSA) is 72.7 Å². The van der Waals surface area contributed by atoms with Gasteiger partial charge in [-0.2, -0.15) is 0 Å². The second-order valence-electron chi connectivity index (χ2n) is 9.44. The Bertz CT molecular complexity index is 1150. The largest absolute Gasteiger partial charge is 0.493 e.